The first-order valence-corrected chi connectivity index (χ1v) is 11.6. The molecule has 4 rings (SSSR count). The molecule has 160 valence electrons. The number of amides is 1. The lowest BCUT2D eigenvalue weighted by molar-refractivity contribution is -0.129. The Hall–Kier alpha value is -2.82. The van der Waals surface area contributed by atoms with Gasteiger partial charge in [-0.25, -0.2) is 23.4 Å². The van der Waals surface area contributed by atoms with Crippen LogP contribution in [0.1, 0.15) is 32.4 Å². The number of carbonyl (C=O) groups excluding carboxylic acids is 1. The molecule has 4 heterocycles. The fourth-order valence-corrected chi connectivity index (χ4v) is 5.62. The highest BCUT2D eigenvalue weighted by molar-refractivity contribution is 7.92. The van der Waals surface area contributed by atoms with E-state index in [1.165, 1.54) is 6.33 Å². The Morgan fingerprint density at radius 1 is 1.27 bits per heavy atom. The summed E-state index contributed by atoms with van der Waals surface area (Å²) >= 11 is 0. The van der Waals surface area contributed by atoms with Crippen LogP contribution in [0.25, 0.3) is 22.6 Å². The van der Waals surface area contributed by atoms with Crippen molar-refractivity contribution in [1.29, 1.82) is 0 Å². The number of likely N-dealkylation sites (tertiary alicyclic amines) is 1. The van der Waals surface area contributed by atoms with Crippen LogP contribution < -0.4 is 0 Å². The van der Waals surface area contributed by atoms with Gasteiger partial charge in [0.05, 0.1) is 16.5 Å². The number of carbonyl (C=O) groups is 1. The Labute approximate surface area is 174 Å². The Bertz CT molecular complexity index is 1230. The van der Waals surface area contributed by atoms with Crippen LogP contribution in [0.5, 0.6) is 0 Å². The number of fused-ring (bicyclic) bond motifs is 1. The van der Waals surface area contributed by atoms with Crippen molar-refractivity contribution in [2.45, 2.75) is 50.4 Å². The SMILES string of the molecule is CCC(=O)N1CCC(S(=O)(=O)c2ncnc3c2nc(-c2cn(CC)nc2C)n3C)C1. The molecule has 1 unspecified atom stereocenters. The van der Waals surface area contributed by atoms with E-state index in [1.807, 2.05) is 24.7 Å². The molecular formula is C19H25N7O3S. The third-order valence-electron chi connectivity index (χ3n) is 5.64. The van der Waals surface area contributed by atoms with Crippen molar-refractivity contribution < 1.29 is 13.2 Å². The summed E-state index contributed by atoms with van der Waals surface area (Å²) in [6.45, 7) is 7.00. The number of aromatic nitrogens is 6. The summed E-state index contributed by atoms with van der Waals surface area (Å²) in [4.78, 5) is 26.6. The van der Waals surface area contributed by atoms with Crippen molar-refractivity contribution in [3.8, 4) is 11.4 Å². The van der Waals surface area contributed by atoms with Crippen molar-refractivity contribution in [3.63, 3.8) is 0 Å². The van der Waals surface area contributed by atoms with Crippen molar-refractivity contribution >= 4 is 26.9 Å². The van der Waals surface area contributed by atoms with Gasteiger partial charge in [0.1, 0.15) is 17.7 Å². The van der Waals surface area contributed by atoms with Crippen LogP contribution in [0.4, 0.5) is 0 Å². The van der Waals surface area contributed by atoms with Crippen molar-refractivity contribution in [2.75, 3.05) is 13.1 Å². The normalized spacial score (nSPS) is 17.2. The summed E-state index contributed by atoms with van der Waals surface area (Å²) in [5.41, 5.74) is 2.32. The van der Waals surface area contributed by atoms with E-state index >= 15 is 0 Å². The number of sulfone groups is 1. The molecule has 11 heteroatoms. The molecule has 1 aliphatic heterocycles. The molecule has 0 radical (unpaired) electrons. The highest BCUT2D eigenvalue weighted by Crippen LogP contribution is 2.30. The lowest BCUT2D eigenvalue weighted by Crippen LogP contribution is -2.31. The van der Waals surface area contributed by atoms with Crippen LogP contribution in [0.15, 0.2) is 17.6 Å². The molecule has 0 bridgehead atoms. The molecule has 3 aromatic rings. The summed E-state index contributed by atoms with van der Waals surface area (Å²) in [6.07, 6.45) is 3.90. The first-order valence-electron chi connectivity index (χ1n) is 10.0. The molecule has 0 saturated carbocycles. The van der Waals surface area contributed by atoms with Gasteiger partial charge >= 0.3 is 0 Å². The number of nitrogens with zero attached hydrogens (tertiary/aromatic N) is 7. The molecule has 3 aromatic heterocycles. The second kappa shape index (κ2) is 7.46. The Morgan fingerprint density at radius 3 is 2.70 bits per heavy atom. The smallest absolute Gasteiger partial charge is 0.222 e. The maximum Gasteiger partial charge on any atom is 0.222 e. The second-order valence-electron chi connectivity index (χ2n) is 7.48. The van der Waals surface area contributed by atoms with Crippen molar-refractivity contribution in [2.24, 2.45) is 7.05 Å². The van der Waals surface area contributed by atoms with Crippen LogP contribution >= 0.6 is 0 Å². The highest BCUT2D eigenvalue weighted by Gasteiger charge is 2.38. The molecule has 0 aliphatic carbocycles. The minimum Gasteiger partial charge on any atom is -0.341 e. The van der Waals surface area contributed by atoms with E-state index in [9.17, 15) is 13.2 Å². The van der Waals surface area contributed by atoms with Crippen LogP contribution in [0.2, 0.25) is 0 Å². The average molecular weight is 432 g/mol. The molecule has 0 aromatic carbocycles. The molecule has 1 fully saturated rings. The van der Waals surface area contributed by atoms with Crippen LogP contribution in [-0.2, 0) is 28.2 Å². The number of hydrogen-bond acceptors (Lipinski definition) is 7. The molecule has 0 N–H and O–H groups in total. The predicted molar refractivity (Wildman–Crippen MR) is 110 cm³/mol. The van der Waals surface area contributed by atoms with E-state index in [4.69, 9.17) is 0 Å². The monoisotopic (exact) mass is 431 g/mol. The van der Waals surface area contributed by atoms with E-state index in [0.29, 0.717) is 30.9 Å². The van der Waals surface area contributed by atoms with E-state index in [-0.39, 0.29) is 23.0 Å². The number of rotatable bonds is 5. The lowest BCUT2D eigenvalue weighted by Gasteiger charge is -2.15. The first-order chi connectivity index (χ1) is 14.3. The zero-order valence-corrected chi connectivity index (χ0v) is 18.3. The summed E-state index contributed by atoms with van der Waals surface area (Å²) < 4.78 is 30.3. The minimum absolute atomic E-state index is 0.0379. The topological polar surface area (TPSA) is 116 Å². The largest absolute Gasteiger partial charge is 0.341 e. The molecule has 1 atom stereocenters. The van der Waals surface area contributed by atoms with Gasteiger partial charge in [-0.2, -0.15) is 5.10 Å². The van der Waals surface area contributed by atoms with Gasteiger partial charge in [-0.1, -0.05) is 6.92 Å². The first kappa shape index (κ1) is 20.5. The molecule has 0 spiro atoms. The van der Waals surface area contributed by atoms with E-state index in [2.05, 4.69) is 20.1 Å². The molecular weight excluding hydrogens is 406 g/mol. The van der Waals surface area contributed by atoms with Crippen molar-refractivity contribution in [1.82, 2.24) is 34.2 Å². The quantitative estimate of drug-likeness (QED) is 0.560. The summed E-state index contributed by atoms with van der Waals surface area (Å²) in [6, 6.07) is 0. The molecule has 1 saturated heterocycles. The van der Waals surface area contributed by atoms with Gasteiger partial charge in [0.25, 0.3) is 0 Å². The zero-order valence-electron chi connectivity index (χ0n) is 17.5. The van der Waals surface area contributed by atoms with Crippen LogP contribution in [-0.4, -0.2) is 66.9 Å². The van der Waals surface area contributed by atoms with Crippen molar-refractivity contribution in [3.05, 3.63) is 18.2 Å². The van der Waals surface area contributed by atoms with Gasteiger partial charge in [0.15, 0.2) is 10.7 Å². The Balaban J connectivity index is 1.79. The summed E-state index contributed by atoms with van der Waals surface area (Å²) in [5, 5.41) is 3.68. The van der Waals surface area contributed by atoms with Gasteiger partial charge in [-0.05, 0) is 20.3 Å². The van der Waals surface area contributed by atoms with E-state index in [0.717, 1.165) is 17.8 Å². The molecule has 30 heavy (non-hydrogen) atoms. The third-order valence-corrected chi connectivity index (χ3v) is 7.74. The standard InChI is InChI=1S/C19H25N7O3S/c1-5-15(27)25-8-7-13(9-25)30(28,29)19-16-18(20-11-21-19)24(4)17(22-16)14-10-26(6-2)23-12(14)3/h10-11,13H,5-9H2,1-4H3. The average Bonchev–Trinajstić information content (AvgIpc) is 3.45. The van der Waals surface area contributed by atoms with Crippen LogP contribution in [0, 0.1) is 6.92 Å². The summed E-state index contributed by atoms with van der Waals surface area (Å²) in [7, 11) is -1.98. The lowest BCUT2D eigenvalue weighted by atomic mass is 10.2. The summed E-state index contributed by atoms with van der Waals surface area (Å²) in [5.74, 6) is 0.553. The highest BCUT2D eigenvalue weighted by atomic mass is 32.2. The molecule has 1 amide bonds. The van der Waals surface area contributed by atoms with Gasteiger partial charge in [0.2, 0.25) is 15.7 Å². The zero-order chi connectivity index (χ0) is 21.6. The fraction of sp³-hybridized carbons (Fsp3) is 0.526. The third kappa shape index (κ3) is 3.17. The second-order valence-corrected chi connectivity index (χ2v) is 9.62. The van der Waals surface area contributed by atoms with Gasteiger partial charge in [-0.3, -0.25) is 9.48 Å². The number of imidazole rings is 1. The number of hydrogen-bond donors (Lipinski definition) is 0. The maximum absolute atomic E-state index is 13.4. The number of aryl methyl sites for hydroxylation is 3. The molecule has 10 nitrogen and oxygen atoms in total. The van der Waals surface area contributed by atoms with Gasteiger partial charge in [0, 0.05) is 39.3 Å². The maximum atomic E-state index is 13.4. The predicted octanol–water partition coefficient (Wildman–Crippen LogP) is 1.34. The molecule has 1 aliphatic rings. The fourth-order valence-electron chi connectivity index (χ4n) is 3.92. The van der Waals surface area contributed by atoms with E-state index in [1.54, 1.807) is 23.4 Å². The van der Waals surface area contributed by atoms with Gasteiger partial charge in [-0.15, -0.1) is 0 Å². The Kier molecular flexibility index (Phi) is 5.08. The minimum atomic E-state index is -3.78. The Morgan fingerprint density at radius 2 is 2.03 bits per heavy atom. The van der Waals surface area contributed by atoms with Crippen LogP contribution in [0.3, 0.4) is 0 Å². The van der Waals surface area contributed by atoms with E-state index < -0.39 is 15.1 Å². The van der Waals surface area contributed by atoms with Gasteiger partial charge < -0.3 is 9.47 Å².